The first-order valence-corrected chi connectivity index (χ1v) is 11.3. The molecular formula is C23H23N7OS. The summed E-state index contributed by atoms with van der Waals surface area (Å²) in [6.45, 7) is 8.52. The van der Waals surface area contributed by atoms with Crippen molar-refractivity contribution < 1.29 is 4.79 Å². The minimum atomic E-state index is -0.195. The lowest BCUT2D eigenvalue weighted by atomic mass is 10.1. The number of rotatable bonds is 5. The Labute approximate surface area is 188 Å². The first-order chi connectivity index (χ1) is 15.4. The maximum atomic E-state index is 13.3. The van der Waals surface area contributed by atoms with Gasteiger partial charge in [0.05, 0.1) is 29.4 Å². The molecule has 0 spiro atoms. The summed E-state index contributed by atoms with van der Waals surface area (Å²) >= 11 is 1.72. The van der Waals surface area contributed by atoms with E-state index < -0.39 is 0 Å². The Morgan fingerprint density at radius 1 is 1.19 bits per heavy atom. The first kappa shape index (κ1) is 20.3. The number of carbonyl (C=O) groups is 1. The Kier molecular flexibility index (Phi) is 4.97. The highest BCUT2D eigenvalue weighted by Crippen LogP contribution is 2.32. The van der Waals surface area contributed by atoms with Gasteiger partial charge in [-0.2, -0.15) is 5.10 Å². The fraction of sp³-hybridized carbons (Fsp3) is 0.261. The molecule has 0 unspecified atom stereocenters. The maximum absolute atomic E-state index is 13.3. The third-order valence-corrected chi connectivity index (χ3v) is 6.37. The summed E-state index contributed by atoms with van der Waals surface area (Å²) in [6.07, 6.45) is 3.60. The van der Waals surface area contributed by atoms with Gasteiger partial charge in [-0.1, -0.05) is 6.07 Å². The van der Waals surface area contributed by atoms with Gasteiger partial charge < -0.3 is 5.32 Å². The average Bonchev–Trinajstić information content (AvgIpc) is 3.47. The summed E-state index contributed by atoms with van der Waals surface area (Å²) in [5.41, 5.74) is 3.82. The van der Waals surface area contributed by atoms with Crippen molar-refractivity contribution in [2.24, 2.45) is 0 Å². The second kappa shape index (κ2) is 7.83. The lowest BCUT2D eigenvalue weighted by Crippen LogP contribution is -2.24. The topological polar surface area (TPSA) is 90.0 Å². The largest absolute Gasteiger partial charge is 0.345 e. The number of carbonyl (C=O) groups excluding carboxylic acids is 1. The van der Waals surface area contributed by atoms with Crippen LogP contribution in [0.5, 0.6) is 0 Å². The molecule has 0 aliphatic rings. The van der Waals surface area contributed by atoms with Crippen LogP contribution in [0, 0.1) is 13.8 Å². The van der Waals surface area contributed by atoms with Crippen LogP contribution in [0.4, 0.5) is 0 Å². The fourth-order valence-electron chi connectivity index (χ4n) is 3.87. The maximum Gasteiger partial charge on any atom is 0.252 e. The molecule has 8 nitrogen and oxygen atoms in total. The minimum Gasteiger partial charge on any atom is -0.345 e. The zero-order valence-electron chi connectivity index (χ0n) is 18.3. The Hall–Kier alpha value is -3.59. The van der Waals surface area contributed by atoms with E-state index in [1.807, 2.05) is 39.5 Å². The van der Waals surface area contributed by atoms with Gasteiger partial charge in [-0.25, -0.2) is 9.67 Å². The molecule has 0 atom stereocenters. The zero-order chi connectivity index (χ0) is 22.4. The Balaban J connectivity index is 1.55. The summed E-state index contributed by atoms with van der Waals surface area (Å²) in [6, 6.07) is 9.80. The van der Waals surface area contributed by atoms with E-state index in [2.05, 4.69) is 54.4 Å². The van der Waals surface area contributed by atoms with E-state index in [0.717, 1.165) is 22.3 Å². The van der Waals surface area contributed by atoms with Crippen molar-refractivity contribution >= 4 is 33.9 Å². The fourth-order valence-corrected chi connectivity index (χ4v) is 4.81. The van der Waals surface area contributed by atoms with E-state index in [1.165, 1.54) is 9.75 Å². The number of pyridine rings is 2. The number of fused-ring (bicyclic) bond motifs is 2. The van der Waals surface area contributed by atoms with E-state index in [-0.39, 0.29) is 18.5 Å². The molecule has 0 aliphatic carbocycles. The van der Waals surface area contributed by atoms with Crippen molar-refractivity contribution in [3.05, 3.63) is 63.9 Å². The predicted octanol–water partition coefficient (Wildman–Crippen LogP) is 4.33. The number of aryl methyl sites for hydroxylation is 2. The molecule has 5 rings (SSSR count). The van der Waals surface area contributed by atoms with E-state index in [1.54, 1.807) is 17.5 Å². The number of nitrogens with zero attached hydrogens (tertiary/aromatic N) is 6. The summed E-state index contributed by atoms with van der Waals surface area (Å²) in [5.74, 6) is 0.473. The van der Waals surface area contributed by atoms with Crippen molar-refractivity contribution in [2.45, 2.75) is 40.3 Å². The van der Waals surface area contributed by atoms with Crippen molar-refractivity contribution in [2.75, 3.05) is 0 Å². The van der Waals surface area contributed by atoms with Crippen LogP contribution < -0.4 is 5.32 Å². The molecule has 5 aromatic heterocycles. The van der Waals surface area contributed by atoms with E-state index >= 15 is 0 Å². The summed E-state index contributed by atoms with van der Waals surface area (Å²) < 4.78 is 3.72. The highest BCUT2D eigenvalue weighted by Gasteiger charge is 2.20. The monoisotopic (exact) mass is 445 g/mol. The van der Waals surface area contributed by atoms with Crippen LogP contribution in [-0.4, -0.2) is 35.3 Å². The van der Waals surface area contributed by atoms with Crippen LogP contribution in [0.25, 0.3) is 27.9 Å². The normalized spacial score (nSPS) is 11.7. The molecule has 0 saturated carbocycles. The number of hydrogen-bond donors (Lipinski definition) is 1. The van der Waals surface area contributed by atoms with Crippen LogP contribution in [0.3, 0.4) is 0 Å². The minimum absolute atomic E-state index is 0.124. The highest BCUT2D eigenvalue weighted by atomic mass is 32.1. The van der Waals surface area contributed by atoms with Gasteiger partial charge in [-0.15, -0.1) is 21.5 Å². The Morgan fingerprint density at radius 3 is 2.78 bits per heavy atom. The molecule has 0 aliphatic heterocycles. The highest BCUT2D eigenvalue weighted by molar-refractivity contribution is 7.12. The van der Waals surface area contributed by atoms with Gasteiger partial charge in [0.15, 0.2) is 17.1 Å². The molecule has 0 radical (unpaired) electrons. The number of thiophene rings is 1. The Morgan fingerprint density at radius 2 is 2.03 bits per heavy atom. The smallest absolute Gasteiger partial charge is 0.252 e. The summed E-state index contributed by atoms with van der Waals surface area (Å²) in [5, 5.41) is 16.6. The molecule has 9 heteroatoms. The van der Waals surface area contributed by atoms with Crippen LogP contribution in [-0.2, 0) is 6.54 Å². The van der Waals surface area contributed by atoms with Gasteiger partial charge in [0.25, 0.3) is 5.91 Å². The summed E-state index contributed by atoms with van der Waals surface area (Å²) in [4.78, 5) is 20.6. The number of hydrogen-bond acceptors (Lipinski definition) is 6. The molecule has 1 amide bonds. The number of amides is 1. The molecule has 0 aromatic carbocycles. The van der Waals surface area contributed by atoms with Crippen molar-refractivity contribution in [1.29, 1.82) is 0 Å². The number of aromatic nitrogens is 6. The molecule has 5 aromatic rings. The van der Waals surface area contributed by atoms with Crippen LogP contribution >= 0.6 is 11.3 Å². The van der Waals surface area contributed by atoms with E-state index in [4.69, 9.17) is 4.98 Å². The van der Waals surface area contributed by atoms with Gasteiger partial charge in [0.2, 0.25) is 0 Å². The molecule has 162 valence electrons. The van der Waals surface area contributed by atoms with Gasteiger partial charge in [0, 0.05) is 27.6 Å². The standard InChI is InChI=1S/C23H23N7OS/c1-13(2)30-22-18(11-25-30)17(10-19(26-22)16-9-14(3)32-15(16)4)23(31)24-12-21-28-27-20-7-5-6-8-29(20)21/h5-11,13H,12H2,1-4H3,(H,24,31). The third-order valence-electron chi connectivity index (χ3n) is 5.41. The van der Waals surface area contributed by atoms with Gasteiger partial charge in [-0.05, 0) is 52.0 Å². The third kappa shape index (κ3) is 3.44. The molecular weight excluding hydrogens is 422 g/mol. The molecule has 32 heavy (non-hydrogen) atoms. The van der Waals surface area contributed by atoms with Crippen LogP contribution in [0.1, 0.15) is 45.8 Å². The number of nitrogens with one attached hydrogen (secondary N) is 1. The predicted molar refractivity (Wildman–Crippen MR) is 125 cm³/mol. The first-order valence-electron chi connectivity index (χ1n) is 10.4. The lowest BCUT2D eigenvalue weighted by Gasteiger charge is -2.11. The molecule has 5 heterocycles. The molecule has 1 N–H and O–H groups in total. The zero-order valence-corrected chi connectivity index (χ0v) is 19.1. The molecule has 0 fully saturated rings. The van der Waals surface area contributed by atoms with Gasteiger partial charge in [0.1, 0.15) is 0 Å². The summed E-state index contributed by atoms with van der Waals surface area (Å²) in [7, 11) is 0. The second-order valence-corrected chi connectivity index (χ2v) is 9.49. The molecule has 0 saturated heterocycles. The second-order valence-electron chi connectivity index (χ2n) is 8.03. The van der Waals surface area contributed by atoms with Gasteiger partial charge in [-0.3, -0.25) is 9.20 Å². The van der Waals surface area contributed by atoms with E-state index in [9.17, 15) is 4.79 Å². The van der Waals surface area contributed by atoms with E-state index in [0.29, 0.717) is 17.0 Å². The lowest BCUT2D eigenvalue weighted by molar-refractivity contribution is 0.0951. The van der Waals surface area contributed by atoms with Gasteiger partial charge >= 0.3 is 0 Å². The SMILES string of the molecule is Cc1cc(-c2cc(C(=O)NCc3nnc4ccccn34)c3cnn(C(C)C)c3n2)c(C)s1. The quantitative estimate of drug-likeness (QED) is 0.435. The van der Waals surface area contributed by atoms with Crippen LogP contribution in [0.15, 0.2) is 42.7 Å². The van der Waals surface area contributed by atoms with Crippen molar-refractivity contribution in [3.63, 3.8) is 0 Å². The van der Waals surface area contributed by atoms with Crippen molar-refractivity contribution in [1.82, 2.24) is 34.7 Å². The van der Waals surface area contributed by atoms with Crippen molar-refractivity contribution in [3.8, 4) is 11.3 Å². The van der Waals surface area contributed by atoms with Crippen LogP contribution in [0.2, 0.25) is 0 Å². The average molecular weight is 446 g/mol. The molecule has 0 bridgehead atoms. The Bertz CT molecular complexity index is 1460.